The summed E-state index contributed by atoms with van der Waals surface area (Å²) in [5.41, 5.74) is -4.84. The molecule has 1 saturated heterocycles. The van der Waals surface area contributed by atoms with Gasteiger partial charge in [-0.25, -0.2) is 0 Å². The normalized spacial score (nSPS) is 25.0. The van der Waals surface area contributed by atoms with Gasteiger partial charge in [-0.15, -0.1) is 0 Å². The molecule has 0 radical (unpaired) electrons. The minimum absolute atomic E-state index is 0.116. The number of carbonyl (C=O) groups excluding carboxylic acids is 1. The Morgan fingerprint density at radius 3 is 2.06 bits per heavy atom. The van der Waals surface area contributed by atoms with Crippen molar-refractivity contribution in [2.75, 3.05) is 6.61 Å². The monoisotopic (exact) mass is 498 g/mol. The maximum atomic E-state index is 14.9. The van der Waals surface area contributed by atoms with Gasteiger partial charge in [-0.05, 0) is 24.7 Å². The van der Waals surface area contributed by atoms with Crippen molar-refractivity contribution in [3.8, 4) is 0 Å². The fourth-order valence-electron chi connectivity index (χ4n) is 3.12. The van der Waals surface area contributed by atoms with Crippen LogP contribution in [0.1, 0.15) is 18.5 Å². The highest BCUT2D eigenvalue weighted by Crippen LogP contribution is 2.58. The van der Waals surface area contributed by atoms with Crippen LogP contribution in [0.2, 0.25) is 0 Å². The van der Waals surface area contributed by atoms with Gasteiger partial charge in [0.05, 0.1) is 12.6 Å². The molecule has 3 atom stereocenters. The predicted molar refractivity (Wildman–Crippen MR) is 94.0 cm³/mol. The third-order valence-electron chi connectivity index (χ3n) is 4.70. The number of ether oxygens (including phenoxy) is 1. The summed E-state index contributed by atoms with van der Waals surface area (Å²) in [6.07, 6.45) is -7.12. The lowest BCUT2D eigenvalue weighted by molar-refractivity contribution is -0.422. The zero-order valence-corrected chi connectivity index (χ0v) is 16.6. The summed E-state index contributed by atoms with van der Waals surface area (Å²) in [5, 5.41) is 13.0. The first kappa shape index (κ1) is 26.0. The van der Waals surface area contributed by atoms with E-state index >= 15 is 0 Å². The molecule has 3 N–H and O–H groups in total. The molecular formula is C17H15F9N2O3S. The molecule has 1 aromatic carbocycles. The van der Waals surface area contributed by atoms with Crippen LogP contribution in [0.3, 0.4) is 0 Å². The predicted octanol–water partition coefficient (Wildman–Crippen LogP) is 3.54. The van der Waals surface area contributed by atoms with Gasteiger partial charge in [-0.1, -0.05) is 30.3 Å². The number of thiocarbonyl (C=S) groups is 1. The van der Waals surface area contributed by atoms with Gasteiger partial charge in [0, 0.05) is 0 Å². The topological polar surface area (TPSA) is 70.6 Å². The Labute approximate surface area is 179 Å². The van der Waals surface area contributed by atoms with Gasteiger partial charge in [0.25, 0.3) is 0 Å². The van der Waals surface area contributed by atoms with Gasteiger partial charge < -0.3 is 20.5 Å². The van der Waals surface area contributed by atoms with Gasteiger partial charge in [0.15, 0.2) is 5.11 Å². The zero-order chi connectivity index (χ0) is 24.8. The summed E-state index contributed by atoms with van der Waals surface area (Å²) in [4.78, 5) is 12.4. The Morgan fingerprint density at radius 2 is 1.59 bits per heavy atom. The third kappa shape index (κ3) is 3.84. The Hall–Kier alpha value is -2.29. The Balaban J connectivity index is 2.75. The van der Waals surface area contributed by atoms with E-state index in [1.807, 2.05) is 0 Å². The van der Waals surface area contributed by atoms with Crippen molar-refractivity contribution in [1.29, 1.82) is 0 Å². The van der Waals surface area contributed by atoms with Gasteiger partial charge in [0.2, 0.25) is 5.72 Å². The summed E-state index contributed by atoms with van der Waals surface area (Å²) < 4.78 is 127. The molecule has 1 heterocycles. The number of hydrogen-bond acceptors (Lipinski definition) is 4. The minimum Gasteiger partial charge on any atom is -0.466 e. The van der Waals surface area contributed by atoms with E-state index < -0.39 is 59.3 Å². The Morgan fingerprint density at radius 1 is 1.06 bits per heavy atom. The van der Waals surface area contributed by atoms with E-state index in [9.17, 15) is 49.4 Å². The van der Waals surface area contributed by atoms with Gasteiger partial charge >= 0.3 is 29.9 Å². The molecule has 1 aliphatic rings. The quantitative estimate of drug-likeness (QED) is 0.317. The van der Waals surface area contributed by atoms with E-state index in [0.717, 1.165) is 0 Å². The molecule has 0 bridgehead atoms. The van der Waals surface area contributed by atoms with E-state index in [4.69, 9.17) is 0 Å². The second-order valence-corrected chi connectivity index (χ2v) is 7.11. The largest absolute Gasteiger partial charge is 0.466 e. The highest BCUT2D eigenvalue weighted by molar-refractivity contribution is 7.80. The van der Waals surface area contributed by atoms with Crippen molar-refractivity contribution in [2.45, 2.75) is 42.6 Å². The lowest BCUT2D eigenvalue weighted by Gasteiger charge is -2.50. The number of hydrogen-bond donors (Lipinski definition) is 3. The van der Waals surface area contributed by atoms with Crippen LogP contribution in [0.15, 0.2) is 30.3 Å². The van der Waals surface area contributed by atoms with E-state index in [-0.39, 0.29) is 5.56 Å². The van der Waals surface area contributed by atoms with Crippen molar-refractivity contribution in [3.05, 3.63) is 35.9 Å². The van der Waals surface area contributed by atoms with Crippen molar-refractivity contribution in [3.63, 3.8) is 0 Å². The van der Waals surface area contributed by atoms with E-state index in [0.29, 0.717) is 0 Å². The molecule has 0 amide bonds. The van der Waals surface area contributed by atoms with Crippen LogP contribution in [0, 0.1) is 5.92 Å². The number of nitrogens with one attached hydrogen (secondary N) is 2. The molecule has 1 aromatic rings. The molecule has 0 aromatic heterocycles. The summed E-state index contributed by atoms with van der Waals surface area (Å²) in [5.74, 6) is -25.8. The number of benzene rings is 1. The van der Waals surface area contributed by atoms with Gasteiger partial charge in [-0.3, -0.25) is 4.79 Å². The molecule has 2 rings (SSSR count). The summed E-state index contributed by atoms with van der Waals surface area (Å²) >= 11 is 4.57. The highest BCUT2D eigenvalue weighted by Gasteiger charge is 2.87. The van der Waals surface area contributed by atoms with E-state index in [1.165, 1.54) is 42.6 Å². The summed E-state index contributed by atoms with van der Waals surface area (Å²) in [7, 11) is 0. The van der Waals surface area contributed by atoms with Crippen LogP contribution in [0.4, 0.5) is 39.5 Å². The van der Waals surface area contributed by atoms with Gasteiger partial charge in [0.1, 0.15) is 5.92 Å². The van der Waals surface area contributed by atoms with Crippen LogP contribution in [-0.4, -0.2) is 52.5 Å². The molecular weight excluding hydrogens is 483 g/mol. The summed E-state index contributed by atoms with van der Waals surface area (Å²) in [6.45, 7) is 0.644. The molecule has 32 heavy (non-hydrogen) atoms. The lowest BCUT2D eigenvalue weighted by Crippen LogP contribution is -2.80. The second kappa shape index (κ2) is 8.24. The fourth-order valence-corrected chi connectivity index (χ4v) is 3.40. The average molecular weight is 498 g/mol. The average Bonchev–Trinajstić information content (AvgIpc) is 2.66. The molecule has 0 aliphatic carbocycles. The number of carbonyl (C=O) groups is 1. The molecule has 180 valence electrons. The van der Waals surface area contributed by atoms with Crippen LogP contribution >= 0.6 is 12.2 Å². The van der Waals surface area contributed by atoms with Crippen molar-refractivity contribution >= 4 is 23.3 Å². The fraction of sp³-hybridized carbons (Fsp3) is 0.529. The van der Waals surface area contributed by atoms with Crippen molar-refractivity contribution in [1.82, 2.24) is 10.6 Å². The first-order valence-corrected chi connectivity index (χ1v) is 9.09. The third-order valence-corrected chi connectivity index (χ3v) is 4.92. The minimum atomic E-state index is -7.30. The number of rotatable bonds is 6. The molecule has 1 fully saturated rings. The van der Waals surface area contributed by atoms with Crippen LogP contribution in [0.25, 0.3) is 0 Å². The second-order valence-electron chi connectivity index (χ2n) is 6.70. The van der Waals surface area contributed by atoms with Crippen LogP contribution < -0.4 is 10.6 Å². The van der Waals surface area contributed by atoms with Crippen LogP contribution in [0.5, 0.6) is 0 Å². The highest BCUT2D eigenvalue weighted by atomic mass is 32.1. The lowest BCUT2D eigenvalue weighted by atomic mass is 9.76. The van der Waals surface area contributed by atoms with E-state index in [2.05, 4.69) is 22.3 Å². The Bertz CT molecular complexity index is 867. The van der Waals surface area contributed by atoms with E-state index in [1.54, 1.807) is 0 Å². The maximum absolute atomic E-state index is 14.9. The number of aliphatic hydroxyl groups is 1. The van der Waals surface area contributed by atoms with Crippen LogP contribution in [-0.2, 0) is 9.53 Å². The molecule has 15 heteroatoms. The standard InChI is InChI=1S/C17H15F9N2O3S/c1-2-31-11(29)9-10(8-6-4-3-5-7-8)27-12(32)28-13(9,30)14(18,19)15(20,21)16(22,23)17(24,25)26/h3-7,9-10,30H,2H2,1H3,(H2,27,28,32)/t9-,10+,13-/m0/s1. The smallest absolute Gasteiger partial charge is 0.460 e. The molecule has 5 nitrogen and oxygen atoms in total. The summed E-state index contributed by atoms with van der Waals surface area (Å²) in [6, 6.07) is 4.55. The first-order chi connectivity index (χ1) is 14.5. The van der Waals surface area contributed by atoms with Crippen molar-refractivity contribution in [2.24, 2.45) is 5.92 Å². The van der Waals surface area contributed by atoms with Crippen molar-refractivity contribution < 1.29 is 54.2 Å². The number of halogens is 9. The Kier molecular flexibility index (Phi) is 6.69. The number of alkyl halides is 9. The maximum Gasteiger partial charge on any atom is 0.460 e. The van der Waals surface area contributed by atoms with Gasteiger partial charge in [-0.2, -0.15) is 39.5 Å². The molecule has 0 unspecified atom stereocenters. The SMILES string of the molecule is CCOC(=O)[C@@H]1[C@@H](c2ccccc2)NC(=S)N[C@@]1(O)C(F)(F)C(F)(F)C(F)(F)C(F)(F)F. The first-order valence-electron chi connectivity index (χ1n) is 8.68. The molecule has 0 spiro atoms. The zero-order valence-electron chi connectivity index (χ0n) is 15.8. The molecule has 1 aliphatic heterocycles. The number of esters is 1. The molecule has 0 saturated carbocycles.